The summed E-state index contributed by atoms with van der Waals surface area (Å²) in [5.74, 6) is 0. The van der Waals surface area contributed by atoms with E-state index >= 15 is 0 Å². The van der Waals surface area contributed by atoms with Crippen molar-refractivity contribution in [2.45, 2.75) is 38.9 Å². The van der Waals surface area contributed by atoms with Gasteiger partial charge in [0.1, 0.15) is 11.7 Å². The number of rotatable bonds is 3. The number of nitrogens with zero attached hydrogens (tertiary/aromatic N) is 1. The van der Waals surface area contributed by atoms with Gasteiger partial charge < -0.3 is 14.8 Å². The monoisotopic (exact) mass is 376 g/mol. The molecule has 5 nitrogen and oxygen atoms in total. The van der Waals surface area contributed by atoms with Crippen LogP contribution in [0, 0.1) is 0 Å². The average molecular weight is 377 g/mol. The first kappa shape index (κ1) is 20.2. The van der Waals surface area contributed by atoms with Gasteiger partial charge in [0, 0.05) is 12.4 Å². The molecular weight excluding hydrogens is 352 g/mol. The van der Waals surface area contributed by atoms with Crippen molar-refractivity contribution in [3.63, 3.8) is 0 Å². The molecule has 1 aromatic carbocycles. The number of carbonyl (C=O) groups is 1. The van der Waals surface area contributed by atoms with Crippen LogP contribution in [-0.4, -0.2) is 29.8 Å². The lowest BCUT2D eigenvalue weighted by Crippen LogP contribution is -2.36. The molecule has 0 aliphatic carbocycles. The standard InChI is InChI=1S/C20H24N2O3.ClH/c1-20(2,3)25-19(23)22-13-18-17-7-6-14(11-15(17)8-10-24-18)16-5-4-9-21-12-16;/h4-7,9,11-12,18H,8,10,13H2,1-3H3,(H,22,23);1H/t18-;/m1./s1. The minimum Gasteiger partial charge on any atom is -0.444 e. The lowest BCUT2D eigenvalue weighted by atomic mass is 9.93. The average Bonchev–Trinajstić information content (AvgIpc) is 2.58. The zero-order valence-electron chi connectivity index (χ0n) is 15.3. The van der Waals surface area contributed by atoms with Gasteiger partial charge in [-0.25, -0.2) is 4.79 Å². The van der Waals surface area contributed by atoms with Crippen molar-refractivity contribution in [1.29, 1.82) is 0 Å². The van der Waals surface area contributed by atoms with Crippen molar-refractivity contribution in [1.82, 2.24) is 10.3 Å². The largest absolute Gasteiger partial charge is 0.444 e. The molecule has 0 spiro atoms. The van der Waals surface area contributed by atoms with Gasteiger partial charge in [-0.2, -0.15) is 0 Å². The molecule has 0 unspecified atom stereocenters. The fourth-order valence-electron chi connectivity index (χ4n) is 2.91. The number of pyridine rings is 1. The molecule has 1 aliphatic heterocycles. The zero-order valence-corrected chi connectivity index (χ0v) is 16.1. The summed E-state index contributed by atoms with van der Waals surface area (Å²) < 4.78 is 11.1. The molecule has 2 heterocycles. The molecule has 1 amide bonds. The summed E-state index contributed by atoms with van der Waals surface area (Å²) in [4.78, 5) is 16.0. The fourth-order valence-corrected chi connectivity index (χ4v) is 2.91. The summed E-state index contributed by atoms with van der Waals surface area (Å²) in [5.41, 5.74) is 4.11. The third-order valence-corrected chi connectivity index (χ3v) is 4.01. The Morgan fingerprint density at radius 2 is 2.12 bits per heavy atom. The van der Waals surface area contributed by atoms with Gasteiger partial charge in [0.05, 0.1) is 13.2 Å². The Kier molecular flexibility index (Phi) is 6.62. The number of halogens is 1. The van der Waals surface area contributed by atoms with Gasteiger partial charge in [-0.15, -0.1) is 12.4 Å². The van der Waals surface area contributed by atoms with Crippen molar-refractivity contribution in [2.24, 2.45) is 0 Å². The van der Waals surface area contributed by atoms with Crippen LogP contribution in [0.4, 0.5) is 4.79 Å². The predicted molar refractivity (Wildman–Crippen MR) is 104 cm³/mol. The Hall–Kier alpha value is -2.11. The topological polar surface area (TPSA) is 60.5 Å². The van der Waals surface area contributed by atoms with Gasteiger partial charge in [0.25, 0.3) is 0 Å². The maximum absolute atomic E-state index is 11.9. The van der Waals surface area contributed by atoms with Crippen molar-refractivity contribution >= 4 is 18.5 Å². The van der Waals surface area contributed by atoms with E-state index in [2.05, 4.69) is 34.6 Å². The third-order valence-electron chi connectivity index (χ3n) is 4.01. The number of carbonyl (C=O) groups excluding carboxylic acids is 1. The Balaban J connectivity index is 0.00000243. The highest BCUT2D eigenvalue weighted by Crippen LogP contribution is 2.30. The smallest absolute Gasteiger partial charge is 0.407 e. The molecule has 0 bridgehead atoms. The van der Waals surface area contributed by atoms with Crippen LogP contribution in [0.1, 0.15) is 38.0 Å². The minimum atomic E-state index is -0.506. The molecule has 26 heavy (non-hydrogen) atoms. The first-order chi connectivity index (χ1) is 11.9. The van der Waals surface area contributed by atoms with Crippen molar-refractivity contribution < 1.29 is 14.3 Å². The molecule has 0 radical (unpaired) electrons. The molecule has 0 fully saturated rings. The van der Waals surface area contributed by atoms with Gasteiger partial charge in [-0.1, -0.05) is 24.3 Å². The van der Waals surface area contributed by atoms with E-state index in [1.165, 1.54) is 5.56 Å². The Morgan fingerprint density at radius 1 is 1.31 bits per heavy atom. The second-order valence-electron chi connectivity index (χ2n) is 7.15. The lowest BCUT2D eigenvalue weighted by molar-refractivity contribution is 0.0289. The van der Waals surface area contributed by atoms with Crippen molar-refractivity contribution in [3.8, 4) is 11.1 Å². The summed E-state index contributed by atoms with van der Waals surface area (Å²) in [6, 6.07) is 10.3. The number of hydrogen-bond acceptors (Lipinski definition) is 4. The number of nitrogens with one attached hydrogen (secondary N) is 1. The Labute approximate surface area is 160 Å². The van der Waals surface area contributed by atoms with E-state index in [1.807, 2.05) is 33.0 Å². The summed E-state index contributed by atoms with van der Waals surface area (Å²) in [6.45, 7) is 6.58. The van der Waals surface area contributed by atoms with Gasteiger partial charge >= 0.3 is 6.09 Å². The second-order valence-corrected chi connectivity index (χ2v) is 7.15. The van der Waals surface area contributed by atoms with E-state index in [9.17, 15) is 4.79 Å². The number of fused-ring (bicyclic) bond motifs is 1. The molecule has 1 atom stereocenters. The highest BCUT2D eigenvalue weighted by atomic mass is 35.5. The normalized spacial score (nSPS) is 16.2. The van der Waals surface area contributed by atoms with Crippen LogP contribution < -0.4 is 5.32 Å². The summed E-state index contributed by atoms with van der Waals surface area (Å²) in [6.07, 6.45) is 3.93. The van der Waals surface area contributed by atoms with E-state index in [4.69, 9.17) is 9.47 Å². The molecule has 1 aliphatic rings. The number of benzene rings is 1. The molecular formula is C20H25ClN2O3. The van der Waals surface area contributed by atoms with E-state index in [1.54, 1.807) is 6.20 Å². The van der Waals surface area contributed by atoms with Crippen LogP contribution in [0.15, 0.2) is 42.7 Å². The Morgan fingerprint density at radius 3 is 2.81 bits per heavy atom. The van der Waals surface area contributed by atoms with Crippen LogP contribution in [-0.2, 0) is 15.9 Å². The highest BCUT2D eigenvalue weighted by Gasteiger charge is 2.23. The van der Waals surface area contributed by atoms with E-state index in [0.717, 1.165) is 23.1 Å². The molecule has 1 N–H and O–H groups in total. The van der Waals surface area contributed by atoms with E-state index < -0.39 is 11.7 Å². The Bertz CT molecular complexity index is 744. The predicted octanol–water partition coefficient (Wildman–Crippen LogP) is 4.31. The number of hydrogen-bond donors (Lipinski definition) is 1. The number of ether oxygens (including phenoxy) is 2. The van der Waals surface area contributed by atoms with Crippen LogP contribution >= 0.6 is 12.4 Å². The first-order valence-corrected chi connectivity index (χ1v) is 8.54. The van der Waals surface area contributed by atoms with Gasteiger partial charge in [-0.05, 0) is 55.5 Å². The zero-order chi connectivity index (χ0) is 17.9. The maximum atomic E-state index is 11.9. The molecule has 3 rings (SSSR count). The minimum absolute atomic E-state index is 0. The van der Waals surface area contributed by atoms with E-state index in [-0.39, 0.29) is 18.5 Å². The van der Waals surface area contributed by atoms with E-state index in [0.29, 0.717) is 13.2 Å². The quantitative estimate of drug-likeness (QED) is 0.867. The maximum Gasteiger partial charge on any atom is 0.407 e. The number of alkyl carbamates (subject to hydrolysis) is 1. The molecule has 6 heteroatoms. The van der Waals surface area contributed by atoms with Crippen molar-refractivity contribution in [3.05, 3.63) is 53.9 Å². The number of aromatic nitrogens is 1. The summed E-state index contributed by atoms with van der Waals surface area (Å²) in [5, 5.41) is 2.80. The molecule has 0 saturated heterocycles. The van der Waals surface area contributed by atoms with Crippen LogP contribution in [0.25, 0.3) is 11.1 Å². The van der Waals surface area contributed by atoms with Gasteiger partial charge in [0.2, 0.25) is 0 Å². The summed E-state index contributed by atoms with van der Waals surface area (Å²) in [7, 11) is 0. The highest BCUT2D eigenvalue weighted by molar-refractivity contribution is 5.85. The van der Waals surface area contributed by atoms with Crippen LogP contribution in [0.3, 0.4) is 0 Å². The summed E-state index contributed by atoms with van der Waals surface area (Å²) >= 11 is 0. The molecule has 0 saturated carbocycles. The number of amides is 1. The SMILES string of the molecule is CC(C)(C)OC(=O)NC[C@H]1OCCc2cc(-c3cccnc3)ccc21.Cl. The lowest BCUT2D eigenvalue weighted by Gasteiger charge is -2.27. The molecule has 1 aromatic heterocycles. The fraction of sp³-hybridized carbons (Fsp3) is 0.400. The molecule has 140 valence electrons. The van der Waals surface area contributed by atoms with Gasteiger partial charge in [-0.3, -0.25) is 4.98 Å². The van der Waals surface area contributed by atoms with Crippen LogP contribution in [0.5, 0.6) is 0 Å². The van der Waals surface area contributed by atoms with Gasteiger partial charge in [0.15, 0.2) is 0 Å². The molecule has 2 aromatic rings. The van der Waals surface area contributed by atoms with Crippen LogP contribution in [0.2, 0.25) is 0 Å². The first-order valence-electron chi connectivity index (χ1n) is 8.54. The third kappa shape index (κ3) is 5.19. The van der Waals surface area contributed by atoms with Crippen molar-refractivity contribution in [2.75, 3.05) is 13.2 Å². The second kappa shape index (κ2) is 8.52.